The zero-order valence-corrected chi connectivity index (χ0v) is 9.48. The van der Waals surface area contributed by atoms with E-state index in [1.54, 1.807) is 13.0 Å². The molecular formula is C13H16N2O. The van der Waals surface area contributed by atoms with E-state index >= 15 is 0 Å². The van der Waals surface area contributed by atoms with Crippen LogP contribution in [0.25, 0.3) is 0 Å². The fourth-order valence-electron chi connectivity index (χ4n) is 2.20. The van der Waals surface area contributed by atoms with E-state index in [4.69, 9.17) is 5.26 Å². The number of nitrogens with zero attached hydrogens (tertiary/aromatic N) is 2. The van der Waals surface area contributed by atoms with Crippen LogP contribution in [0.4, 0.5) is 5.69 Å². The number of hydrogen-bond acceptors (Lipinski definition) is 3. The summed E-state index contributed by atoms with van der Waals surface area (Å²) in [5, 5.41) is 18.6. The summed E-state index contributed by atoms with van der Waals surface area (Å²) in [6.07, 6.45) is 1.90. The summed E-state index contributed by atoms with van der Waals surface area (Å²) in [7, 11) is 0. The van der Waals surface area contributed by atoms with Crippen LogP contribution in [0.3, 0.4) is 0 Å². The van der Waals surface area contributed by atoms with Gasteiger partial charge in [0.25, 0.3) is 0 Å². The van der Waals surface area contributed by atoms with Gasteiger partial charge in [0.2, 0.25) is 0 Å². The Bertz CT molecular complexity index is 414. The van der Waals surface area contributed by atoms with E-state index < -0.39 is 6.10 Å². The molecule has 1 saturated heterocycles. The largest absolute Gasteiger partial charge is 0.389 e. The van der Waals surface area contributed by atoms with Gasteiger partial charge in [0, 0.05) is 24.3 Å². The van der Waals surface area contributed by atoms with E-state index in [2.05, 4.69) is 11.0 Å². The van der Waals surface area contributed by atoms with Crippen LogP contribution < -0.4 is 4.90 Å². The number of aliphatic hydroxyl groups is 1. The third kappa shape index (κ3) is 2.02. The second-order valence-corrected chi connectivity index (χ2v) is 4.26. The molecule has 0 aromatic heterocycles. The molecule has 3 heteroatoms. The Morgan fingerprint density at radius 2 is 2.06 bits per heavy atom. The van der Waals surface area contributed by atoms with Crippen molar-refractivity contribution in [3.05, 3.63) is 29.3 Å². The van der Waals surface area contributed by atoms with Crippen LogP contribution >= 0.6 is 0 Å². The molecular weight excluding hydrogens is 200 g/mol. The number of nitriles is 1. The highest BCUT2D eigenvalue weighted by Crippen LogP contribution is 2.29. The molecule has 1 aromatic rings. The maximum atomic E-state index is 9.72. The summed E-state index contributed by atoms with van der Waals surface area (Å²) >= 11 is 0. The number of rotatable bonds is 2. The van der Waals surface area contributed by atoms with E-state index in [0.717, 1.165) is 24.3 Å². The van der Waals surface area contributed by atoms with Gasteiger partial charge in [-0.05, 0) is 31.9 Å². The zero-order chi connectivity index (χ0) is 11.5. The summed E-state index contributed by atoms with van der Waals surface area (Å²) < 4.78 is 0. The molecule has 1 fully saturated rings. The monoisotopic (exact) mass is 216 g/mol. The molecule has 1 atom stereocenters. The summed E-state index contributed by atoms with van der Waals surface area (Å²) in [5.41, 5.74) is 2.60. The summed E-state index contributed by atoms with van der Waals surface area (Å²) in [5.74, 6) is 0. The van der Waals surface area contributed by atoms with Crippen molar-refractivity contribution in [2.24, 2.45) is 0 Å². The highest BCUT2D eigenvalue weighted by atomic mass is 16.3. The fourth-order valence-corrected chi connectivity index (χ4v) is 2.20. The van der Waals surface area contributed by atoms with Gasteiger partial charge in [0.15, 0.2) is 0 Å². The van der Waals surface area contributed by atoms with Crippen molar-refractivity contribution in [2.45, 2.75) is 25.9 Å². The fraction of sp³-hybridized carbons (Fsp3) is 0.462. The predicted octanol–water partition coefficient (Wildman–Crippen LogP) is 2.21. The van der Waals surface area contributed by atoms with Crippen LogP contribution in [0.1, 0.15) is 37.0 Å². The van der Waals surface area contributed by atoms with Gasteiger partial charge in [-0.3, -0.25) is 0 Å². The van der Waals surface area contributed by atoms with Gasteiger partial charge in [-0.15, -0.1) is 0 Å². The molecule has 0 aliphatic carbocycles. The van der Waals surface area contributed by atoms with Gasteiger partial charge in [0.1, 0.15) is 0 Å². The molecule has 0 spiro atoms. The quantitative estimate of drug-likeness (QED) is 0.824. The third-order valence-corrected chi connectivity index (χ3v) is 3.06. The molecule has 0 radical (unpaired) electrons. The first-order valence-corrected chi connectivity index (χ1v) is 5.69. The minimum Gasteiger partial charge on any atom is -0.389 e. The van der Waals surface area contributed by atoms with Crippen molar-refractivity contribution in [2.75, 3.05) is 18.0 Å². The van der Waals surface area contributed by atoms with Crippen LogP contribution in [0, 0.1) is 11.3 Å². The van der Waals surface area contributed by atoms with Crippen LogP contribution in [0.15, 0.2) is 18.2 Å². The highest BCUT2D eigenvalue weighted by Gasteiger charge is 2.18. The van der Waals surface area contributed by atoms with E-state index in [0.29, 0.717) is 5.56 Å². The normalized spacial score (nSPS) is 17.2. The molecule has 1 aromatic carbocycles. The minimum atomic E-state index is -0.483. The minimum absolute atomic E-state index is 0.483. The van der Waals surface area contributed by atoms with E-state index in [-0.39, 0.29) is 0 Å². The first-order chi connectivity index (χ1) is 7.72. The molecule has 1 aliphatic rings. The average molecular weight is 216 g/mol. The lowest BCUT2D eigenvalue weighted by atomic mass is 10.0. The molecule has 3 nitrogen and oxygen atoms in total. The molecule has 1 heterocycles. The Morgan fingerprint density at radius 3 is 2.62 bits per heavy atom. The van der Waals surface area contributed by atoms with Crippen molar-refractivity contribution in [1.82, 2.24) is 0 Å². The SMILES string of the molecule is CC(O)c1ccc(C#N)cc1N1CCCC1. The van der Waals surface area contributed by atoms with E-state index in [1.165, 1.54) is 12.8 Å². The molecule has 0 bridgehead atoms. The summed E-state index contributed by atoms with van der Waals surface area (Å²) in [4.78, 5) is 2.25. The maximum absolute atomic E-state index is 9.72. The molecule has 1 aliphatic heterocycles. The van der Waals surface area contributed by atoms with Gasteiger partial charge < -0.3 is 10.0 Å². The van der Waals surface area contributed by atoms with Crippen molar-refractivity contribution < 1.29 is 5.11 Å². The van der Waals surface area contributed by atoms with Gasteiger partial charge in [-0.2, -0.15) is 5.26 Å². The summed E-state index contributed by atoms with van der Waals surface area (Å²) in [6.45, 7) is 3.81. The third-order valence-electron chi connectivity index (χ3n) is 3.06. The Morgan fingerprint density at radius 1 is 1.38 bits per heavy atom. The Labute approximate surface area is 95.9 Å². The molecule has 16 heavy (non-hydrogen) atoms. The van der Waals surface area contributed by atoms with Crippen LogP contribution in [0.2, 0.25) is 0 Å². The first kappa shape index (κ1) is 11.0. The lowest BCUT2D eigenvalue weighted by molar-refractivity contribution is 0.199. The molecule has 84 valence electrons. The van der Waals surface area contributed by atoms with Crippen LogP contribution in [-0.2, 0) is 0 Å². The van der Waals surface area contributed by atoms with Crippen molar-refractivity contribution in [3.8, 4) is 6.07 Å². The predicted molar refractivity (Wildman–Crippen MR) is 63.2 cm³/mol. The van der Waals surface area contributed by atoms with Crippen LogP contribution in [-0.4, -0.2) is 18.2 Å². The van der Waals surface area contributed by atoms with E-state index in [1.807, 2.05) is 12.1 Å². The lowest BCUT2D eigenvalue weighted by Gasteiger charge is -2.22. The number of benzene rings is 1. The Balaban J connectivity index is 2.42. The smallest absolute Gasteiger partial charge is 0.0992 e. The van der Waals surface area contributed by atoms with Crippen LogP contribution in [0.5, 0.6) is 0 Å². The van der Waals surface area contributed by atoms with Gasteiger partial charge >= 0.3 is 0 Å². The lowest BCUT2D eigenvalue weighted by Crippen LogP contribution is -2.20. The van der Waals surface area contributed by atoms with E-state index in [9.17, 15) is 5.11 Å². The van der Waals surface area contributed by atoms with Gasteiger partial charge in [-0.1, -0.05) is 6.07 Å². The molecule has 1 unspecified atom stereocenters. The molecule has 0 amide bonds. The zero-order valence-electron chi connectivity index (χ0n) is 9.48. The van der Waals surface area contributed by atoms with Gasteiger partial charge in [-0.25, -0.2) is 0 Å². The standard InChI is InChI=1S/C13H16N2O/c1-10(16)12-5-4-11(9-14)8-13(12)15-6-2-3-7-15/h4-5,8,10,16H,2-3,6-7H2,1H3. The molecule has 1 N–H and O–H groups in total. The topological polar surface area (TPSA) is 47.3 Å². The number of anilines is 1. The maximum Gasteiger partial charge on any atom is 0.0992 e. The number of hydrogen-bond donors (Lipinski definition) is 1. The van der Waals surface area contributed by atoms with Crippen molar-refractivity contribution in [3.63, 3.8) is 0 Å². The summed E-state index contributed by atoms with van der Waals surface area (Å²) in [6, 6.07) is 7.65. The molecule has 0 saturated carbocycles. The Hall–Kier alpha value is -1.53. The second-order valence-electron chi connectivity index (χ2n) is 4.26. The average Bonchev–Trinajstić information content (AvgIpc) is 2.81. The first-order valence-electron chi connectivity index (χ1n) is 5.69. The molecule has 2 rings (SSSR count). The van der Waals surface area contributed by atoms with Crippen molar-refractivity contribution >= 4 is 5.69 Å². The Kier molecular flexibility index (Phi) is 3.12. The highest BCUT2D eigenvalue weighted by molar-refractivity contribution is 5.59. The number of aliphatic hydroxyl groups excluding tert-OH is 1. The van der Waals surface area contributed by atoms with Gasteiger partial charge in [0.05, 0.1) is 17.7 Å². The second kappa shape index (κ2) is 4.54. The van der Waals surface area contributed by atoms with Crippen molar-refractivity contribution in [1.29, 1.82) is 5.26 Å².